The Bertz CT molecular complexity index is 448. The van der Waals surface area contributed by atoms with Crippen LogP contribution in [-0.4, -0.2) is 40.9 Å². The SMILES string of the molecule is C=CC(OC)[C@@H](O)[C@H](C)/C=C(/C)CNCc1ncccn1. The average molecular weight is 291 g/mol. The van der Waals surface area contributed by atoms with Gasteiger partial charge in [-0.15, -0.1) is 6.58 Å². The van der Waals surface area contributed by atoms with Crippen LogP contribution in [0.15, 0.2) is 42.8 Å². The molecule has 0 fully saturated rings. The molecule has 1 aromatic heterocycles. The fraction of sp³-hybridized carbons (Fsp3) is 0.500. The number of ether oxygens (including phenoxy) is 1. The molecule has 0 aliphatic carbocycles. The van der Waals surface area contributed by atoms with Gasteiger partial charge in [-0.1, -0.05) is 24.6 Å². The quantitative estimate of drug-likeness (QED) is 0.678. The molecule has 0 spiro atoms. The number of aliphatic hydroxyl groups is 1. The lowest BCUT2D eigenvalue weighted by Gasteiger charge is -2.22. The minimum Gasteiger partial charge on any atom is -0.389 e. The van der Waals surface area contributed by atoms with Gasteiger partial charge in [-0.3, -0.25) is 0 Å². The summed E-state index contributed by atoms with van der Waals surface area (Å²) in [6.45, 7) is 9.00. The lowest BCUT2D eigenvalue weighted by atomic mass is 9.97. The van der Waals surface area contributed by atoms with Gasteiger partial charge in [0.05, 0.1) is 12.6 Å². The van der Waals surface area contributed by atoms with Crippen molar-refractivity contribution in [3.05, 3.63) is 48.6 Å². The first kappa shape index (κ1) is 17.5. The van der Waals surface area contributed by atoms with Crippen LogP contribution in [0.1, 0.15) is 19.7 Å². The van der Waals surface area contributed by atoms with E-state index in [9.17, 15) is 5.11 Å². The molecule has 21 heavy (non-hydrogen) atoms. The van der Waals surface area contributed by atoms with Crippen LogP contribution in [0.4, 0.5) is 0 Å². The van der Waals surface area contributed by atoms with Crippen LogP contribution in [0.3, 0.4) is 0 Å². The lowest BCUT2D eigenvalue weighted by molar-refractivity contribution is -0.00153. The predicted octanol–water partition coefficient (Wildman–Crippen LogP) is 1.71. The van der Waals surface area contributed by atoms with E-state index in [0.29, 0.717) is 6.54 Å². The van der Waals surface area contributed by atoms with E-state index in [0.717, 1.165) is 17.9 Å². The van der Waals surface area contributed by atoms with E-state index in [2.05, 4.69) is 21.9 Å². The highest BCUT2D eigenvalue weighted by atomic mass is 16.5. The summed E-state index contributed by atoms with van der Waals surface area (Å²) in [6, 6.07) is 1.80. The van der Waals surface area contributed by atoms with Gasteiger partial charge >= 0.3 is 0 Å². The first-order chi connectivity index (χ1) is 10.1. The minimum atomic E-state index is -0.597. The molecule has 3 atom stereocenters. The van der Waals surface area contributed by atoms with E-state index >= 15 is 0 Å². The average Bonchev–Trinajstić information content (AvgIpc) is 2.49. The molecular formula is C16H25N3O2. The Balaban J connectivity index is 2.43. The summed E-state index contributed by atoms with van der Waals surface area (Å²) in [5.41, 5.74) is 1.15. The standard InChI is InChI=1S/C16H25N3O2/c1-5-14(21-4)16(20)13(3)9-12(2)10-17-11-15-18-7-6-8-19-15/h5-9,13-14,16-17,20H,1,10-11H2,2-4H3/b12-9-/t13-,14?,16+/m1/s1. The molecule has 0 aliphatic rings. The number of hydrogen-bond donors (Lipinski definition) is 2. The van der Waals surface area contributed by atoms with Gasteiger partial charge in [0.25, 0.3) is 0 Å². The lowest BCUT2D eigenvalue weighted by Crippen LogP contribution is -2.31. The van der Waals surface area contributed by atoms with E-state index in [4.69, 9.17) is 4.74 Å². The van der Waals surface area contributed by atoms with Gasteiger partial charge in [-0.2, -0.15) is 0 Å². The highest BCUT2D eigenvalue weighted by Gasteiger charge is 2.20. The van der Waals surface area contributed by atoms with Crippen molar-refractivity contribution in [3.63, 3.8) is 0 Å². The smallest absolute Gasteiger partial charge is 0.141 e. The summed E-state index contributed by atoms with van der Waals surface area (Å²) >= 11 is 0. The van der Waals surface area contributed by atoms with Crippen molar-refractivity contribution < 1.29 is 9.84 Å². The number of methoxy groups -OCH3 is 1. The molecule has 0 aromatic carbocycles. The Kier molecular flexibility index (Phi) is 7.82. The summed E-state index contributed by atoms with van der Waals surface area (Å²) in [4.78, 5) is 8.30. The summed E-state index contributed by atoms with van der Waals surface area (Å²) < 4.78 is 5.17. The maximum Gasteiger partial charge on any atom is 0.141 e. The molecule has 0 saturated carbocycles. The number of hydrogen-bond acceptors (Lipinski definition) is 5. The number of nitrogens with zero attached hydrogens (tertiary/aromatic N) is 2. The largest absolute Gasteiger partial charge is 0.389 e. The Labute approximate surface area is 126 Å². The Morgan fingerprint density at radius 3 is 2.71 bits per heavy atom. The van der Waals surface area contributed by atoms with Gasteiger partial charge in [0.1, 0.15) is 11.9 Å². The molecule has 0 bridgehead atoms. The third-order valence-corrected chi connectivity index (χ3v) is 3.23. The first-order valence-electron chi connectivity index (χ1n) is 7.05. The van der Waals surface area contributed by atoms with Gasteiger partial charge in [0, 0.05) is 32.0 Å². The van der Waals surface area contributed by atoms with Gasteiger partial charge in [-0.25, -0.2) is 9.97 Å². The molecule has 116 valence electrons. The van der Waals surface area contributed by atoms with Crippen molar-refractivity contribution in [2.24, 2.45) is 5.92 Å². The highest BCUT2D eigenvalue weighted by molar-refractivity contribution is 5.06. The number of aliphatic hydroxyl groups excluding tert-OH is 1. The number of aromatic nitrogens is 2. The van der Waals surface area contributed by atoms with Gasteiger partial charge in [0.15, 0.2) is 0 Å². The van der Waals surface area contributed by atoms with E-state index in [1.165, 1.54) is 0 Å². The van der Waals surface area contributed by atoms with Gasteiger partial charge in [0.2, 0.25) is 0 Å². The number of rotatable bonds is 9. The summed E-state index contributed by atoms with van der Waals surface area (Å²) in [5, 5.41) is 13.4. The fourth-order valence-electron chi connectivity index (χ4n) is 2.07. The molecule has 0 radical (unpaired) electrons. The van der Waals surface area contributed by atoms with Crippen molar-refractivity contribution in [1.82, 2.24) is 15.3 Å². The van der Waals surface area contributed by atoms with Crippen LogP contribution in [0.5, 0.6) is 0 Å². The Hall–Kier alpha value is -1.56. The first-order valence-corrected chi connectivity index (χ1v) is 7.05. The molecule has 5 nitrogen and oxygen atoms in total. The predicted molar refractivity (Wildman–Crippen MR) is 83.7 cm³/mol. The van der Waals surface area contributed by atoms with Gasteiger partial charge < -0.3 is 15.2 Å². The Morgan fingerprint density at radius 1 is 1.48 bits per heavy atom. The summed E-state index contributed by atoms with van der Waals surface area (Å²) in [5.74, 6) is 0.757. The molecule has 0 saturated heterocycles. The van der Waals surface area contributed by atoms with Crippen LogP contribution >= 0.6 is 0 Å². The van der Waals surface area contributed by atoms with E-state index in [-0.39, 0.29) is 12.0 Å². The monoisotopic (exact) mass is 291 g/mol. The van der Waals surface area contributed by atoms with Crippen molar-refractivity contribution in [2.45, 2.75) is 32.6 Å². The molecule has 1 heterocycles. The van der Waals surface area contributed by atoms with Crippen LogP contribution in [0.25, 0.3) is 0 Å². The van der Waals surface area contributed by atoms with Crippen LogP contribution in [0.2, 0.25) is 0 Å². The molecule has 1 rings (SSSR count). The second-order valence-electron chi connectivity index (χ2n) is 5.07. The van der Waals surface area contributed by atoms with Crippen molar-refractivity contribution in [1.29, 1.82) is 0 Å². The molecule has 0 amide bonds. The van der Waals surface area contributed by atoms with E-state index in [1.54, 1.807) is 31.6 Å². The highest BCUT2D eigenvalue weighted by Crippen LogP contribution is 2.14. The normalized spacial score (nSPS) is 16.3. The minimum absolute atomic E-state index is 0.0114. The van der Waals surface area contributed by atoms with Crippen LogP contribution < -0.4 is 5.32 Å². The Morgan fingerprint density at radius 2 is 2.14 bits per heavy atom. The second-order valence-corrected chi connectivity index (χ2v) is 5.07. The zero-order chi connectivity index (χ0) is 15.7. The van der Waals surface area contributed by atoms with Crippen molar-refractivity contribution in [2.75, 3.05) is 13.7 Å². The summed E-state index contributed by atoms with van der Waals surface area (Å²) in [6.07, 6.45) is 6.17. The van der Waals surface area contributed by atoms with Crippen molar-refractivity contribution in [3.8, 4) is 0 Å². The van der Waals surface area contributed by atoms with E-state index < -0.39 is 6.10 Å². The van der Waals surface area contributed by atoms with Crippen molar-refractivity contribution >= 4 is 0 Å². The molecule has 1 unspecified atom stereocenters. The third-order valence-electron chi connectivity index (χ3n) is 3.23. The van der Waals surface area contributed by atoms with E-state index in [1.807, 2.05) is 19.9 Å². The third kappa shape index (κ3) is 6.16. The molecule has 5 heteroatoms. The maximum atomic E-state index is 10.1. The molecular weight excluding hydrogens is 266 g/mol. The van der Waals surface area contributed by atoms with Gasteiger partial charge in [-0.05, 0) is 13.0 Å². The summed E-state index contributed by atoms with van der Waals surface area (Å²) in [7, 11) is 1.57. The topological polar surface area (TPSA) is 67.3 Å². The number of nitrogens with one attached hydrogen (secondary N) is 1. The van der Waals surface area contributed by atoms with Crippen LogP contribution in [0, 0.1) is 5.92 Å². The second kappa shape index (κ2) is 9.39. The zero-order valence-corrected chi connectivity index (χ0v) is 13.0. The molecule has 1 aromatic rings. The fourth-order valence-corrected chi connectivity index (χ4v) is 2.07. The maximum absolute atomic E-state index is 10.1. The van der Waals surface area contributed by atoms with Crippen LogP contribution in [-0.2, 0) is 11.3 Å². The zero-order valence-electron chi connectivity index (χ0n) is 13.0. The molecule has 0 aliphatic heterocycles. The molecule has 2 N–H and O–H groups in total.